The van der Waals surface area contributed by atoms with Crippen LogP contribution in [0.5, 0.6) is 11.5 Å². The van der Waals surface area contributed by atoms with Crippen LogP contribution in [0.4, 0.5) is 10.1 Å². The molecule has 32 heavy (non-hydrogen) atoms. The van der Waals surface area contributed by atoms with Gasteiger partial charge in [0.15, 0.2) is 11.6 Å². The van der Waals surface area contributed by atoms with E-state index in [4.69, 9.17) is 4.74 Å². The van der Waals surface area contributed by atoms with E-state index >= 15 is 0 Å². The number of halogens is 1. The van der Waals surface area contributed by atoms with Crippen LogP contribution in [0.15, 0.2) is 48.5 Å². The summed E-state index contributed by atoms with van der Waals surface area (Å²) >= 11 is 0. The summed E-state index contributed by atoms with van der Waals surface area (Å²) in [5.41, 5.74) is 0.552. The molecular weight excluding hydrogens is 413 g/mol. The van der Waals surface area contributed by atoms with E-state index in [9.17, 15) is 18.8 Å². The van der Waals surface area contributed by atoms with Crippen molar-refractivity contribution in [2.75, 3.05) is 26.0 Å². The number of benzene rings is 2. The molecule has 0 radical (unpaired) electrons. The van der Waals surface area contributed by atoms with E-state index in [-0.39, 0.29) is 36.3 Å². The minimum atomic E-state index is -0.569. The van der Waals surface area contributed by atoms with Crippen LogP contribution in [-0.2, 0) is 14.4 Å². The predicted molar refractivity (Wildman–Crippen MR) is 119 cm³/mol. The van der Waals surface area contributed by atoms with Crippen LogP contribution in [-0.4, -0.2) is 54.2 Å². The number of piperidine rings is 1. The van der Waals surface area contributed by atoms with Crippen LogP contribution in [0.2, 0.25) is 0 Å². The van der Waals surface area contributed by atoms with Crippen molar-refractivity contribution in [3.05, 3.63) is 54.3 Å². The van der Waals surface area contributed by atoms with Crippen LogP contribution in [0.3, 0.4) is 0 Å². The van der Waals surface area contributed by atoms with Gasteiger partial charge >= 0.3 is 0 Å². The highest BCUT2D eigenvalue weighted by Gasteiger charge is 2.32. The Morgan fingerprint density at radius 1 is 1.06 bits per heavy atom. The normalized spacial score (nSPS) is 15.7. The maximum absolute atomic E-state index is 13.7. The molecule has 8 heteroatoms. The number of anilines is 1. The maximum Gasteiger partial charge on any atom is 0.247 e. The Hall–Kier alpha value is -3.42. The summed E-state index contributed by atoms with van der Waals surface area (Å²) in [6, 6.07) is 12.2. The van der Waals surface area contributed by atoms with Gasteiger partial charge in [0.05, 0.1) is 0 Å². The number of rotatable bonds is 7. The lowest BCUT2D eigenvalue weighted by Gasteiger charge is -2.34. The average Bonchev–Trinajstić information content (AvgIpc) is 2.79. The zero-order chi connectivity index (χ0) is 23.1. The first kappa shape index (κ1) is 23.2. The third-order valence-electron chi connectivity index (χ3n) is 5.36. The molecule has 1 heterocycles. The number of carbonyl (C=O) groups excluding carboxylic acids is 3. The molecule has 0 saturated carbocycles. The second kappa shape index (κ2) is 10.7. The van der Waals surface area contributed by atoms with Gasteiger partial charge in [-0.05, 0) is 55.7 Å². The van der Waals surface area contributed by atoms with E-state index in [2.05, 4.69) is 5.32 Å². The monoisotopic (exact) mass is 441 g/mol. The first-order valence-electron chi connectivity index (χ1n) is 10.7. The fraction of sp³-hybridized carbons (Fsp3) is 0.375. The molecule has 7 nitrogen and oxygen atoms in total. The number of nitrogens with one attached hydrogen (secondary N) is 1. The highest BCUT2D eigenvalue weighted by atomic mass is 19.1. The van der Waals surface area contributed by atoms with Gasteiger partial charge in [-0.15, -0.1) is 0 Å². The van der Waals surface area contributed by atoms with Crippen LogP contribution >= 0.6 is 0 Å². The minimum Gasteiger partial charge on any atom is -0.454 e. The second-order valence-corrected chi connectivity index (χ2v) is 7.93. The molecule has 3 rings (SSSR count). The largest absolute Gasteiger partial charge is 0.454 e. The highest BCUT2D eigenvalue weighted by molar-refractivity contribution is 5.97. The quantitative estimate of drug-likeness (QED) is 0.709. The van der Waals surface area contributed by atoms with Crippen molar-refractivity contribution in [3.63, 3.8) is 0 Å². The topological polar surface area (TPSA) is 79.0 Å². The van der Waals surface area contributed by atoms with E-state index in [0.717, 1.165) is 12.8 Å². The van der Waals surface area contributed by atoms with E-state index in [1.807, 2.05) is 0 Å². The molecule has 3 amide bonds. The molecule has 170 valence electrons. The Balaban J connectivity index is 1.60. The lowest BCUT2D eigenvalue weighted by molar-refractivity contribution is -0.142. The van der Waals surface area contributed by atoms with Crippen molar-refractivity contribution in [3.8, 4) is 11.5 Å². The zero-order valence-corrected chi connectivity index (χ0v) is 18.3. The fourth-order valence-electron chi connectivity index (χ4n) is 3.57. The Kier molecular flexibility index (Phi) is 7.81. The van der Waals surface area contributed by atoms with Gasteiger partial charge in [0, 0.05) is 39.2 Å². The average molecular weight is 442 g/mol. The van der Waals surface area contributed by atoms with Gasteiger partial charge in [-0.2, -0.15) is 0 Å². The number of likely N-dealkylation sites (tertiary alicyclic amines) is 1. The first-order valence-corrected chi connectivity index (χ1v) is 10.7. The lowest BCUT2D eigenvalue weighted by Crippen LogP contribution is -2.50. The van der Waals surface area contributed by atoms with Crippen molar-refractivity contribution >= 4 is 23.4 Å². The zero-order valence-electron chi connectivity index (χ0n) is 18.3. The molecule has 1 saturated heterocycles. The maximum atomic E-state index is 13.7. The van der Waals surface area contributed by atoms with Crippen LogP contribution in [0.25, 0.3) is 0 Å². The first-order chi connectivity index (χ1) is 15.3. The smallest absolute Gasteiger partial charge is 0.247 e. The van der Waals surface area contributed by atoms with Gasteiger partial charge < -0.3 is 19.9 Å². The highest BCUT2D eigenvalue weighted by Crippen LogP contribution is 2.26. The number of carbonyl (C=O) groups is 3. The molecule has 1 aliphatic rings. The molecule has 1 aliphatic heterocycles. The second-order valence-electron chi connectivity index (χ2n) is 7.93. The number of ether oxygens (including phenoxy) is 1. The summed E-state index contributed by atoms with van der Waals surface area (Å²) in [6.45, 7) is 0.502. The van der Waals surface area contributed by atoms with E-state index in [0.29, 0.717) is 24.4 Å². The fourth-order valence-corrected chi connectivity index (χ4v) is 3.57. The van der Waals surface area contributed by atoms with Crippen molar-refractivity contribution in [1.82, 2.24) is 9.80 Å². The van der Waals surface area contributed by atoms with Crippen LogP contribution in [0, 0.1) is 5.82 Å². The van der Waals surface area contributed by atoms with Crippen molar-refractivity contribution in [2.24, 2.45) is 0 Å². The van der Waals surface area contributed by atoms with Gasteiger partial charge in [0.1, 0.15) is 11.8 Å². The Labute approximate surface area is 187 Å². The van der Waals surface area contributed by atoms with Gasteiger partial charge in [-0.3, -0.25) is 14.4 Å². The summed E-state index contributed by atoms with van der Waals surface area (Å²) in [5, 5.41) is 2.84. The molecule has 0 unspecified atom stereocenters. The lowest BCUT2D eigenvalue weighted by atomic mass is 10.0. The number of hydrogen-bond acceptors (Lipinski definition) is 4. The molecule has 0 spiro atoms. The summed E-state index contributed by atoms with van der Waals surface area (Å²) in [6.07, 6.45) is 2.48. The summed E-state index contributed by atoms with van der Waals surface area (Å²) in [4.78, 5) is 40.4. The van der Waals surface area contributed by atoms with Gasteiger partial charge in [0.25, 0.3) is 0 Å². The molecular formula is C24H28FN3O4. The molecule has 1 atom stereocenters. The Morgan fingerprint density at radius 3 is 2.47 bits per heavy atom. The van der Waals surface area contributed by atoms with Crippen LogP contribution < -0.4 is 10.1 Å². The summed E-state index contributed by atoms with van der Waals surface area (Å²) in [7, 11) is 3.30. The molecule has 2 aromatic rings. The van der Waals surface area contributed by atoms with E-state index < -0.39 is 11.9 Å². The van der Waals surface area contributed by atoms with E-state index in [1.54, 1.807) is 55.4 Å². The van der Waals surface area contributed by atoms with Gasteiger partial charge in [0.2, 0.25) is 17.7 Å². The van der Waals surface area contributed by atoms with Gasteiger partial charge in [-0.1, -0.05) is 12.1 Å². The van der Waals surface area contributed by atoms with Crippen molar-refractivity contribution in [1.29, 1.82) is 0 Å². The predicted octanol–water partition coefficient (Wildman–Crippen LogP) is 3.81. The number of para-hydroxylation sites is 1. The van der Waals surface area contributed by atoms with Gasteiger partial charge in [-0.25, -0.2) is 4.39 Å². The number of hydrogen-bond donors (Lipinski definition) is 1. The molecule has 1 N–H and O–H groups in total. The Morgan fingerprint density at radius 2 is 1.78 bits per heavy atom. The van der Waals surface area contributed by atoms with Crippen molar-refractivity contribution < 1.29 is 23.5 Å². The standard InChI is InChI=1S/C24H28FN3O4/c1-27(2)22(29)14-15-23(30)28-16-6-5-8-20(28)24(31)26-17-10-12-18(13-11-17)32-21-9-4-3-7-19(21)25/h3-4,7,9-13,20H,5-6,8,14-16H2,1-2H3,(H,26,31)/t20-/m0/s1. The molecule has 0 bridgehead atoms. The molecule has 2 aromatic carbocycles. The summed E-state index contributed by atoms with van der Waals surface area (Å²) in [5.74, 6) is -0.469. The Bertz CT molecular complexity index is 962. The third-order valence-corrected chi connectivity index (χ3v) is 5.36. The number of nitrogens with zero attached hydrogens (tertiary/aromatic N) is 2. The van der Waals surface area contributed by atoms with E-state index in [1.165, 1.54) is 17.0 Å². The summed E-state index contributed by atoms with van der Waals surface area (Å²) < 4.78 is 19.3. The molecule has 0 aliphatic carbocycles. The third kappa shape index (κ3) is 6.06. The van der Waals surface area contributed by atoms with Crippen molar-refractivity contribution in [2.45, 2.75) is 38.1 Å². The number of amides is 3. The molecule has 0 aromatic heterocycles. The van der Waals surface area contributed by atoms with Crippen LogP contribution in [0.1, 0.15) is 32.1 Å². The minimum absolute atomic E-state index is 0.0862. The molecule has 1 fully saturated rings. The SMILES string of the molecule is CN(C)C(=O)CCC(=O)N1CCCC[C@H]1C(=O)Nc1ccc(Oc2ccccc2F)cc1.